The fourth-order valence-electron chi connectivity index (χ4n) is 2.44. The van der Waals surface area contributed by atoms with Gasteiger partial charge in [-0.05, 0) is 25.0 Å². The summed E-state index contributed by atoms with van der Waals surface area (Å²) in [4.78, 5) is 0. The molecular weight excluding hydrogens is 220 g/mol. The van der Waals surface area contributed by atoms with Crippen molar-refractivity contribution in [3.63, 3.8) is 0 Å². The van der Waals surface area contributed by atoms with E-state index < -0.39 is 8.07 Å². The fraction of sp³-hybridized carbons (Fsp3) is 0.250. The van der Waals surface area contributed by atoms with Crippen LogP contribution in [0.1, 0.15) is 11.1 Å². The van der Waals surface area contributed by atoms with E-state index in [9.17, 15) is 0 Å². The Morgan fingerprint density at radius 1 is 0.765 bits per heavy atom. The largest absolute Gasteiger partial charge is 0.112 e. The Morgan fingerprint density at radius 2 is 1.41 bits per heavy atom. The van der Waals surface area contributed by atoms with Gasteiger partial charge in [0, 0.05) is 0 Å². The van der Waals surface area contributed by atoms with Gasteiger partial charge in [-0.25, -0.2) is 0 Å². The highest BCUT2D eigenvalue weighted by atomic mass is 28.3. The summed E-state index contributed by atoms with van der Waals surface area (Å²) >= 11 is 0. The lowest BCUT2D eigenvalue weighted by atomic mass is 10.1. The summed E-state index contributed by atoms with van der Waals surface area (Å²) in [5, 5.41) is 3.07. The molecule has 1 heteroatoms. The number of hydrogen-bond acceptors (Lipinski definition) is 0. The molecule has 88 valence electrons. The third-order valence-corrected chi connectivity index (χ3v) is 7.44. The predicted octanol–water partition coefficient (Wildman–Crippen LogP) is 3.13. The lowest BCUT2D eigenvalue weighted by molar-refractivity contribution is 1.36. The van der Waals surface area contributed by atoms with E-state index in [2.05, 4.69) is 75.5 Å². The van der Waals surface area contributed by atoms with Crippen LogP contribution in [0, 0.1) is 13.8 Å². The zero-order valence-electron chi connectivity index (χ0n) is 11.1. The molecule has 0 radical (unpaired) electrons. The standard InChI is InChI=1S/C16H20Si/c1-13-9-8-12-16(14(13)2)17(3,4)15-10-6-5-7-11-15/h5-12H,1-4H3. The van der Waals surface area contributed by atoms with Crippen LogP contribution in [0.25, 0.3) is 0 Å². The summed E-state index contributed by atoms with van der Waals surface area (Å²) in [5.74, 6) is 0. The van der Waals surface area contributed by atoms with Crippen molar-refractivity contribution in [1.82, 2.24) is 0 Å². The molecular formula is C16H20Si. The second-order valence-electron chi connectivity index (χ2n) is 5.24. The average Bonchev–Trinajstić information content (AvgIpc) is 2.33. The minimum Gasteiger partial charge on any atom is -0.0626 e. The minimum absolute atomic E-state index is 1.40. The third kappa shape index (κ3) is 2.20. The zero-order chi connectivity index (χ0) is 12.5. The quantitative estimate of drug-likeness (QED) is 0.708. The van der Waals surface area contributed by atoms with Crippen molar-refractivity contribution < 1.29 is 0 Å². The SMILES string of the molecule is Cc1cccc([Si](C)(C)c2ccccc2)c1C. The van der Waals surface area contributed by atoms with Crippen molar-refractivity contribution >= 4 is 18.4 Å². The van der Waals surface area contributed by atoms with Crippen molar-refractivity contribution in [2.24, 2.45) is 0 Å². The summed E-state index contributed by atoms with van der Waals surface area (Å²) in [6.07, 6.45) is 0. The molecule has 0 spiro atoms. The van der Waals surface area contributed by atoms with Crippen LogP contribution in [0.3, 0.4) is 0 Å². The zero-order valence-corrected chi connectivity index (χ0v) is 12.1. The first-order valence-electron chi connectivity index (χ1n) is 6.15. The van der Waals surface area contributed by atoms with E-state index in [0.717, 1.165) is 0 Å². The molecule has 0 heterocycles. The maximum absolute atomic E-state index is 2.43. The smallest absolute Gasteiger partial charge is 0.0626 e. The van der Waals surface area contributed by atoms with Gasteiger partial charge in [-0.1, -0.05) is 72.0 Å². The molecule has 0 N–H and O–H groups in total. The number of rotatable bonds is 2. The van der Waals surface area contributed by atoms with Crippen molar-refractivity contribution in [2.75, 3.05) is 0 Å². The topological polar surface area (TPSA) is 0 Å². The normalized spacial score (nSPS) is 11.5. The summed E-state index contributed by atoms with van der Waals surface area (Å²) in [6, 6.07) is 17.6. The molecule has 0 saturated heterocycles. The van der Waals surface area contributed by atoms with Gasteiger partial charge in [0.2, 0.25) is 0 Å². The second kappa shape index (κ2) is 4.50. The summed E-state index contributed by atoms with van der Waals surface area (Å²) in [6.45, 7) is 9.32. The first-order chi connectivity index (χ1) is 8.03. The Labute approximate surface area is 105 Å². The van der Waals surface area contributed by atoms with Crippen LogP contribution >= 0.6 is 0 Å². The molecule has 0 unspecified atom stereocenters. The van der Waals surface area contributed by atoms with E-state index in [0.29, 0.717) is 0 Å². The Kier molecular flexibility index (Phi) is 3.21. The van der Waals surface area contributed by atoms with Gasteiger partial charge in [-0.3, -0.25) is 0 Å². The van der Waals surface area contributed by atoms with Crippen LogP contribution in [0.4, 0.5) is 0 Å². The second-order valence-corrected chi connectivity index (χ2v) is 9.60. The number of aryl methyl sites for hydroxylation is 1. The number of hydrogen-bond donors (Lipinski definition) is 0. The summed E-state index contributed by atoms with van der Waals surface area (Å²) in [5.41, 5.74) is 2.87. The van der Waals surface area contributed by atoms with E-state index in [1.807, 2.05) is 0 Å². The molecule has 0 aliphatic rings. The predicted molar refractivity (Wildman–Crippen MR) is 79.1 cm³/mol. The molecule has 0 aromatic heterocycles. The van der Waals surface area contributed by atoms with Gasteiger partial charge in [0.15, 0.2) is 0 Å². The van der Waals surface area contributed by atoms with Crippen LogP contribution in [-0.2, 0) is 0 Å². The maximum atomic E-state index is 2.43. The highest BCUT2D eigenvalue weighted by Gasteiger charge is 2.27. The van der Waals surface area contributed by atoms with Crippen molar-refractivity contribution in [1.29, 1.82) is 0 Å². The molecule has 0 aliphatic heterocycles. The fourth-order valence-corrected chi connectivity index (χ4v) is 5.42. The van der Waals surface area contributed by atoms with Crippen molar-refractivity contribution in [3.8, 4) is 0 Å². The van der Waals surface area contributed by atoms with E-state index in [4.69, 9.17) is 0 Å². The van der Waals surface area contributed by atoms with E-state index in [1.165, 1.54) is 16.3 Å². The van der Waals surface area contributed by atoms with Gasteiger partial charge in [0.05, 0.1) is 0 Å². The van der Waals surface area contributed by atoms with Gasteiger partial charge < -0.3 is 0 Å². The summed E-state index contributed by atoms with van der Waals surface area (Å²) in [7, 11) is -1.53. The number of benzene rings is 2. The van der Waals surface area contributed by atoms with Gasteiger partial charge in [-0.15, -0.1) is 0 Å². The Hall–Kier alpha value is -1.34. The Bertz CT molecular complexity index is 512. The van der Waals surface area contributed by atoms with Gasteiger partial charge in [0.1, 0.15) is 8.07 Å². The molecule has 2 aromatic carbocycles. The van der Waals surface area contributed by atoms with Crippen LogP contribution in [0.15, 0.2) is 48.5 Å². The molecule has 2 aromatic rings. The first kappa shape index (κ1) is 12.1. The van der Waals surface area contributed by atoms with Crippen LogP contribution < -0.4 is 10.4 Å². The van der Waals surface area contributed by atoms with E-state index in [1.54, 1.807) is 5.19 Å². The summed E-state index contributed by atoms with van der Waals surface area (Å²) < 4.78 is 0. The maximum Gasteiger partial charge on any atom is 0.112 e. The van der Waals surface area contributed by atoms with Gasteiger partial charge in [0.25, 0.3) is 0 Å². The minimum atomic E-state index is -1.53. The molecule has 0 amide bonds. The van der Waals surface area contributed by atoms with E-state index in [-0.39, 0.29) is 0 Å². The molecule has 0 atom stereocenters. The van der Waals surface area contributed by atoms with Crippen LogP contribution in [-0.4, -0.2) is 8.07 Å². The van der Waals surface area contributed by atoms with Crippen molar-refractivity contribution in [2.45, 2.75) is 26.9 Å². The average molecular weight is 240 g/mol. The highest BCUT2D eigenvalue weighted by molar-refractivity contribution is 7.00. The van der Waals surface area contributed by atoms with Crippen LogP contribution in [0.5, 0.6) is 0 Å². The lowest BCUT2D eigenvalue weighted by Gasteiger charge is -2.26. The van der Waals surface area contributed by atoms with Crippen molar-refractivity contribution in [3.05, 3.63) is 59.7 Å². The molecule has 0 bridgehead atoms. The molecule has 0 aliphatic carbocycles. The molecule has 0 fully saturated rings. The molecule has 2 rings (SSSR count). The first-order valence-corrected chi connectivity index (χ1v) is 9.15. The highest BCUT2D eigenvalue weighted by Crippen LogP contribution is 2.11. The van der Waals surface area contributed by atoms with Crippen LogP contribution in [0.2, 0.25) is 13.1 Å². The van der Waals surface area contributed by atoms with Gasteiger partial charge in [-0.2, -0.15) is 0 Å². The van der Waals surface area contributed by atoms with Gasteiger partial charge >= 0.3 is 0 Å². The Balaban J connectivity index is 2.56. The Morgan fingerprint density at radius 3 is 2.06 bits per heavy atom. The molecule has 17 heavy (non-hydrogen) atoms. The monoisotopic (exact) mass is 240 g/mol. The molecule has 0 nitrogen and oxygen atoms in total. The lowest BCUT2D eigenvalue weighted by Crippen LogP contribution is -2.53. The molecule has 0 saturated carbocycles. The third-order valence-electron chi connectivity index (χ3n) is 3.77. The van der Waals surface area contributed by atoms with E-state index >= 15 is 0 Å².